The summed E-state index contributed by atoms with van der Waals surface area (Å²) in [6, 6.07) is 18.2. The highest BCUT2D eigenvalue weighted by atomic mass is 16.5. The molecule has 1 heterocycles. The molecule has 0 saturated heterocycles. The first kappa shape index (κ1) is 26.8. The van der Waals surface area contributed by atoms with Gasteiger partial charge in [-0.3, -0.25) is 10.2 Å². The molecular weight excluding hydrogens is 442 g/mol. The molecule has 182 valence electrons. The molecule has 1 aromatic heterocycles. The number of nitrogens with two attached hydrogens (primary N) is 3. The molecule has 3 aromatic rings. The van der Waals surface area contributed by atoms with Gasteiger partial charge in [0.05, 0.1) is 17.3 Å². The number of rotatable bonds is 5. The molecule has 0 radical (unpaired) electrons. The smallest absolute Gasteiger partial charge is 0.231 e. The van der Waals surface area contributed by atoms with Gasteiger partial charge in [-0.2, -0.15) is 5.26 Å². The molecule has 4 rings (SSSR count). The Morgan fingerprint density at radius 1 is 0.886 bits per heavy atom. The van der Waals surface area contributed by atoms with Gasteiger partial charge < -0.3 is 21.9 Å². The molecule has 2 aromatic carbocycles. The van der Waals surface area contributed by atoms with Gasteiger partial charge in [-0.15, -0.1) is 0 Å². The van der Waals surface area contributed by atoms with Crippen LogP contribution in [0.3, 0.4) is 0 Å². The third-order valence-electron chi connectivity index (χ3n) is 5.03. The van der Waals surface area contributed by atoms with E-state index in [2.05, 4.69) is 15.7 Å². The highest BCUT2D eigenvalue weighted by Crippen LogP contribution is 2.24. The van der Waals surface area contributed by atoms with Crippen molar-refractivity contribution >= 4 is 23.3 Å². The fraction of sp³-hybridized carbons (Fsp3) is 0.269. The lowest BCUT2D eigenvalue weighted by Crippen LogP contribution is -2.11. The predicted molar refractivity (Wildman–Crippen MR) is 137 cm³/mol. The van der Waals surface area contributed by atoms with E-state index >= 15 is 0 Å². The molecule has 7 N–H and O–H groups in total. The van der Waals surface area contributed by atoms with Gasteiger partial charge in [-0.25, -0.2) is 9.97 Å². The zero-order valence-corrected chi connectivity index (χ0v) is 19.6. The van der Waals surface area contributed by atoms with E-state index in [0.717, 1.165) is 5.75 Å². The largest absolute Gasteiger partial charge is 0.457 e. The van der Waals surface area contributed by atoms with Crippen LogP contribution in [0.1, 0.15) is 56.1 Å². The average molecular weight is 474 g/mol. The second-order valence-electron chi connectivity index (χ2n) is 7.76. The number of aromatic nitrogens is 2. The van der Waals surface area contributed by atoms with Crippen molar-refractivity contribution in [3.63, 3.8) is 0 Å². The number of anilines is 2. The van der Waals surface area contributed by atoms with Crippen molar-refractivity contribution in [3.05, 3.63) is 72.1 Å². The van der Waals surface area contributed by atoms with Crippen molar-refractivity contribution in [1.82, 2.24) is 9.97 Å². The second kappa shape index (κ2) is 14.6. The van der Waals surface area contributed by atoms with E-state index in [9.17, 15) is 4.79 Å². The van der Waals surface area contributed by atoms with Crippen molar-refractivity contribution in [2.45, 2.75) is 44.9 Å². The van der Waals surface area contributed by atoms with Crippen LogP contribution in [0, 0.1) is 16.7 Å². The summed E-state index contributed by atoms with van der Waals surface area (Å²) >= 11 is 0. The molecule has 1 aliphatic carbocycles. The highest BCUT2D eigenvalue weighted by Gasteiger charge is 2.14. The topological polar surface area (TPSA) is 178 Å². The van der Waals surface area contributed by atoms with Crippen LogP contribution in [0.25, 0.3) is 0 Å². The minimum atomic E-state index is -0.572. The van der Waals surface area contributed by atoms with Gasteiger partial charge in [0.15, 0.2) is 0 Å². The van der Waals surface area contributed by atoms with E-state index in [1.54, 1.807) is 30.3 Å². The van der Waals surface area contributed by atoms with Crippen LogP contribution >= 0.6 is 0 Å². The molecule has 0 bridgehead atoms. The van der Waals surface area contributed by atoms with Crippen molar-refractivity contribution in [2.24, 2.45) is 5.73 Å². The van der Waals surface area contributed by atoms with Crippen LogP contribution < -0.4 is 21.9 Å². The molecule has 1 fully saturated rings. The maximum absolute atomic E-state index is 9.60. The molecule has 0 spiro atoms. The van der Waals surface area contributed by atoms with Crippen LogP contribution in [0.15, 0.2) is 60.9 Å². The van der Waals surface area contributed by atoms with Crippen LogP contribution in [0.2, 0.25) is 0 Å². The molecule has 1 aliphatic rings. The van der Waals surface area contributed by atoms with E-state index in [4.69, 9.17) is 26.9 Å². The molecule has 0 aliphatic heterocycles. The van der Waals surface area contributed by atoms with Crippen LogP contribution in [-0.2, 0) is 4.79 Å². The van der Waals surface area contributed by atoms with Gasteiger partial charge >= 0.3 is 0 Å². The zero-order valence-electron chi connectivity index (χ0n) is 19.6. The molecule has 0 atom stereocenters. The van der Waals surface area contributed by atoms with E-state index in [1.807, 2.05) is 30.3 Å². The number of hydrogen-bond acceptors (Lipinski definition) is 8. The van der Waals surface area contributed by atoms with E-state index in [-0.39, 0.29) is 23.8 Å². The Morgan fingerprint density at radius 2 is 1.37 bits per heavy atom. The Morgan fingerprint density at radius 3 is 1.80 bits per heavy atom. The Hall–Kier alpha value is -4.45. The number of amides is 1. The number of nitrogens with zero attached hydrogens (tertiary/aromatic N) is 3. The van der Waals surface area contributed by atoms with Gasteiger partial charge in [0, 0.05) is 5.56 Å². The lowest BCUT2D eigenvalue weighted by Gasteiger charge is -2.10. The maximum atomic E-state index is 9.60. The van der Waals surface area contributed by atoms with Gasteiger partial charge in [0.25, 0.3) is 0 Å². The lowest BCUT2D eigenvalue weighted by molar-refractivity contribution is -0.117. The summed E-state index contributed by atoms with van der Waals surface area (Å²) in [6.07, 6.45) is 10.1. The summed E-state index contributed by atoms with van der Waals surface area (Å²) in [5, 5.41) is 15.9. The fourth-order valence-corrected chi connectivity index (χ4v) is 3.27. The number of carbonyl (C=O) groups excluding carboxylic acids is 1. The van der Waals surface area contributed by atoms with Crippen molar-refractivity contribution in [2.75, 3.05) is 11.5 Å². The third-order valence-corrected chi connectivity index (χ3v) is 5.03. The molecule has 35 heavy (non-hydrogen) atoms. The highest BCUT2D eigenvalue weighted by molar-refractivity contribution is 6.15. The Bertz CT molecular complexity index is 1090. The normalized spacial score (nSPS) is 12.0. The Kier molecular flexibility index (Phi) is 11.2. The quantitative estimate of drug-likeness (QED) is 0.392. The SMILES string of the molecule is C1CCCCC1.N#CCC(N)=O.N=C(c1ccc(Oc2ccccc2)cc1)c1c(N)ncnc1N. The van der Waals surface area contributed by atoms with Gasteiger partial charge in [-0.05, 0) is 36.4 Å². The second-order valence-corrected chi connectivity index (χ2v) is 7.76. The van der Waals surface area contributed by atoms with Crippen LogP contribution in [0.4, 0.5) is 11.6 Å². The summed E-state index contributed by atoms with van der Waals surface area (Å²) in [6.45, 7) is 0. The first-order valence-corrected chi connectivity index (χ1v) is 11.4. The zero-order chi connectivity index (χ0) is 25.5. The first-order valence-electron chi connectivity index (χ1n) is 11.4. The lowest BCUT2D eigenvalue weighted by atomic mass is 10.0. The third kappa shape index (κ3) is 9.52. The minimum absolute atomic E-state index is 0.173. The Labute approximate surface area is 205 Å². The number of nitrogen functional groups attached to an aromatic ring is 2. The number of ether oxygens (including phenoxy) is 1. The number of para-hydroxylation sites is 1. The molecule has 0 unspecified atom stereocenters. The summed E-state index contributed by atoms with van der Waals surface area (Å²) in [5.41, 5.74) is 17.3. The van der Waals surface area contributed by atoms with Crippen molar-refractivity contribution in [1.29, 1.82) is 10.7 Å². The maximum Gasteiger partial charge on any atom is 0.231 e. The molecular formula is C26H31N7O2. The van der Waals surface area contributed by atoms with E-state index < -0.39 is 5.91 Å². The number of primary amides is 1. The number of carbonyl (C=O) groups is 1. The number of hydrogen-bond donors (Lipinski definition) is 4. The first-order chi connectivity index (χ1) is 16.9. The molecule has 9 heteroatoms. The summed E-state index contributed by atoms with van der Waals surface area (Å²) in [5.74, 6) is 1.23. The van der Waals surface area contributed by atoms with Gasteiger partial charge in [0.2, 0.25) is 5.91 Å². The molecule has 1 amide bonds. The molecule has 1 saturated carbocycles. The van der Waals surface area contributed by atoms with Crippen LogP contribution in [0.5, 0.6) is 11.5 Å². The number of nitrogens with one attached hydrogen (secondary N) is 1. The molecule has 9 nitrogen and oxygen atoms in total. The number of nitriles is 1. The van der Waals surface area contributed by atoms with Crippen molar-refractivity contribution in [3.8, 4) is 17.6 Å². The average Bonchev–Trinajstić information content (AvgIpc) is 2.87. The standard InChI is InChI=1S/C17H15N5O.C6H12.C3H4N2O/c18-15(14-16(19)21-10-22-17(14)20)11-6-8-13(9-7-11)23-12-4-2-1-3-5-12;1-2-4-6-5-3-1;4-2-1-3(5)6/h1-10,18H,(H4,19,20,21,22);1-6H2;1H2,(H2,5,6). The van der Waals surface area contributed by atoms with Gasteiger partial charge in [0.1, 0.15) is 35.9 Å². The Balaban J connectivity index is 0.000000296. The van der Waals surface area contributed by atoms with Gasteiger partial charge in [-0.1, -0.05) is 56.7 Å². The number of benzene rings is 2. The van der Waals surface area contributed by atoms with E-state index in [0.29, 0.717) is 16.9 Å². The summed E-state index contributed by atoms with van der Waals surface area (Å²) in [7, 11) is 0. The minimum Gasteiger partial charge on any atom is -0.457 e. The fourth-order valence-electron chi connectivity index (χ4n) is 3.27. The monoisotopic (exact) mass is 473 g/mol. The summed E-state index contributed by atoms with van der Waals surface area (Å²) in [4.78, 5) is 17.4. The predicted octanol–water partition coefficient (Wildman–Crippen LogP) is 4.58. The van der Waals surface area contributed by atoms with Crippen LogP contribution in [-0.4, -0.2) is 21.6 Å². The van der Waals surface area contributed by atoms with E-state index in [1.165, 1.54) is 44.9 Å². The summed E-state index contributed by atoms with van der Waals surface area (Å²) < 4.78 is 5.72. The van der Waals surface area contributed by atoms with Crippen molar-refractivity contribution < 1.29 is 9.53 Å².